The largest absolute Gasteiger partial charge is 0.466 e. The van der Waals surface area contributed by atoms with Gasteiger partial charge in [-0.25, -0.2) is 4.83 Å². The SMILES string of the molecule is CCOC(=O)C/C(C)=N/NS(=O)(=O)c1ccc(Oc2ccccc2)cc1. The van der Waals surface area contributed by atoms with Crippen molar-refractivity contribution >= 4 is 21.7 Å². The summed E-state index contributed by atoms with van der Waals surface area (Å²) < 4.78 is 34.9. The zero-order valence-corrected chi connectivity index (χ0v) is 15.3. The molecule has 0 aromatic heterocycles. The Kier molecular flexibility index (Phi) is 6.74. The Bertz CT molecular complexity index is 862. The molecule has 0 saturated heterocycles. The number of para-hydroxylation sites is 1. The summed E-state index contributed by atoms with van der Waals surface area (Å²) in [7, 11) is -3.84. The molecule has 0 bridgehead atoms. The highest BCUT2D eigenvalue weighted by Crippen LogP contribution is 2.22. The number of carbonyl (C=O) groups excluding carboxylic acids is 1. The number of rotatable bonds is 8. The molecule has 2 aromatic rings. The molecule has 0 aliphatic carbocycles. The van der Waals surface area contributed by atoms with Gasteiger partial charge in [-0.05, 0) is 50.2 Å². The van der Waals surface area contributed by atoms with Crippen LogP contribution in [0.15, 0.2) is 64.6 Å². The summed E-state index contributed by atoms with van der Waals surface area (Å²) in [5, 5.41) is 3.73. The Hall–Kier alpha value is -2.87. The number of hydrazone groups is 1. The van der Waals surface area contributed by atoms with E-state index < -0.39 is 16.0 Å². The summed E-state index contributed by atoms with van der Waals surface area (Å²) in [5.74, 6) is 0.702. The number of carbonyl (C=O) groups is 1. The van der Waals surface area contributed by atoms with Crippen molar-refractivity contribution in [1.82, 2.24) is 4.83 Å². The molecule has 0 amide bonds. The fourth-order valence-electron chi connectivity index (χ4n) is 1.96. The van der Waals surface area contributed by atoms with Crippen molar-refractivity contribution in [2.75, 3.05) is 6.61 Å². The third-order valence-electron chi connectivity index (χ3n) is 3.18. The van der Waals surface area contributed by atoms with Crippen LogP contribution in [0.1, 0.15) is 20.3 Å². The molecule has 2 aromatic carbocycles. The first kappa shape index (κ1) is 19.5. The van der Waals surface area contributed by atoms with Gasteiger partial charge in [-0.15, -0.1) is 0 Å². The zero-order chi connectivity index (χ0) is 19.0. The normalized spacial score (nSPS) is 11.7. The highest BCUT2D eigenvalue weighted by Gasteiger charge is 2.14. The van der Waals surface area contributed by atoms with Gasteiger partial charge in [-0.2, -0.15) is 13.5 Å². The second-order valence-corrected chi connectivity index (χ2v) is 6.97. The van der Waals surface area contributed by atoms with Crippen LogP contribution in [0.25, 0.3) is 0 Å². The quantitative estimate of drug-likeness (QED) is 0.434. The number of ether oxygens (including phenoxy) is 2. The molecule has 0 fully saturated rings. The van der Waals surface area contributed by atoms with Crippen molar-refractivity contribution in [3.8, 4) is 11.5 Å². The lowest BCUT2D eigenvalue weighted by atomic mass is 10.3. The molecule has 1 N–H and O–H groups in total. The molecule has 26 heavy (non-hydrogen) atoms. The number of sulfonamides is 1. The molecule has 0 unspecified atom stereocenters. The van der Waals surface area contributed by atoms with Crippen LogP contribution in [-0.2, 0) is 19.6 Å². The number of nitrogens with zero attached hydrogens (tertiary/aromatic N) is 1. The first-order valence-corrected chi connectivity index (χ1v) is 9.42. The van der Waals surface area contributed by atoms with Crippen molar-refractivity contribution in [1.29, 1.82) is 0 Å². The number of esters is 1. The fraction of sp³-hybridized carbons (Fsp3) is 0.222. The third kappa shape index (κ3) is 5.89. The highest BCUT2D eigenvalue weighted by molar-refractivity contribution is 7.89. The van der Waals surface area contributed by atoms with Crippen LogP contribution in [0.5, 0.6) is 11.5 Å². The van der Waals surface area contributed by atoms with Crippen LogP contribution in [0.2, 0.25) is 0 Å². The summed E-state index contributed by atoms with van der Waals surface area (Å²) in [5.41, 5.74) is 0.302. The van der Waals surface area contributed by atoms with E-state index in [1.807, 2.05) is 18.2 Å². The van der Waals surface area contributed by atoms with E-state index >= 15 is 0 Å². The summed E-state index contributed by atoms with van der Waals surface area (Å²) in [6.07, 6.45) is -0.0831. The van der Waals surface area contributed by atoms with E-state index in [2.05, 4.69) is 9.93 Å². The summed E-state index contributed by atoms with van der Waals surface area (Å²) >= 11 is 0. The van der Waals surface area contributed by atoms with Gasteiger partial charge in [0.15, 0.2) is 0 Å². The van der Waals surface area contributed by atoms with E-state index in [0.29, 0.717) is 17.2 Å². The minimum Gasteiger partial charge on any atom is -0.466 e. The van der Waals surface area contributed by atoms with Crippen LogP contribution in [-0.4, -0.2) is 26.7 Å². The van der Waals surface area contributed by atoms with Gasteiger partial charge < -0.3 is 9.47 Å². The van der Waals surface area contributed by atoms with Crippen molar-refractivity contribution < 1.29 is 22.7 Å². The van der Waals surface area contributed by atoms with E-state index in [9.17, 15) is 13.2 Å². The molecule has 0 aliphatic heterocycles. The van der Waals surface area contributed by atoms with Crippen molar-refractivity contribution in [3.05, 3.63) is 54.6 Å². The van der Waals surface area contributed by atoms with Crippen molar-refractivity contribution in [2.45, 2.75) is 25.2 Å². The lowest BCUT2D eigenvalue weighted by Gasteiger charge is -2.08. The van der Waals surface area contributed by atoms with E-state index in [1.54, 1.807) is 31.2 Å². The standard InChI is InChI=1S/C18H20N2O5S/c1-3-24-18(21)13-14(2)19-20-26(22,23)17-11-9-16(10-12-17)25-15-7-5-4-6-8-15/h4-12,20H,3,13H2,1-2H3/b19-14+. The second-order valence-electron chi connectivity index (χ2n) is 5.31. The molecule has 0 aliphatic rings. The van der Waals surface area contributed by atoms with Crippen LogP contribution in [0, 0.1) is 0 Å². The lowest BCUT2D eigenvalue weighted by Crippen LogP contribution is -2.20. The maximum absolute atomic E-state index is 12.2. The molecule has 2 rings (SSSR count). The predicted octanol–water partition coefficient (Wildman–Crippen LogP) is 3.09. The summed E-state index contributed by atoms with van der Waals surface area (Å²) in [6.45, 7) is 3.49. The molecule has 0 heterocycles. The zero-order valence-electron chi connectivity index (χ0n) is 14.5. The molecule has 8 heteroatoms. The average Bonchev–Trinajstić information content (AvgIpc) is 2.62. The molecule has 0 saturated carbocycles. The molecular weight excluding hydrogens is 356 g/mol. The van der Waals surface area contributed by atoms with E-state index in [0.717, 1.165) is 0 Å². The Balaban J connectivity index is 2.01. The minimum atomic E-state index is -3.84. The Labute approximate surface area is 152 Å². The maximum Gasteiger partial charge on any atom is 0.311 e. The summed E-state index contributed by atoms with van der Waals surface area (Å²) in [4.78, 5) is 13.5. The van der Waals surface area contributed by atoms with Crippen LogP contribution >= 0.6 is 0 Å². The van der Waals surface area contributed by atoms with Gasteiger partial charge in [0.1, 0.15) is 11.5 Å². The number of benzene rings is 2. The number of nitrogens with one attached hydrogen (secondary N) is 1. The van der Waals surface area contributed by atoms with Gasteiger partial charge in [0.2, 0.25) is 0 Å². The van der Waals surface area contributed by atoms with Crippen LogP contribution < -0.4 is 9.57 Å². The third-order valence-corrected chi connectivity index (χ3v) is 4.40. The van der Waals surface area contributed by atoms with Gasteiger partial charge in [-0.3, -0.25) is 4.79 Å². The number of hydrogen-bond acceptors (Lipinski definition) is 6. The predicted molar refractivity (Wildman–Crippen MR) is 97.6 cm³/mol. The molecule has 0 spiro atoms. The fourth-order valence-corrected chi connectivity index (χ4v) is 2.84. The first-order chi connectivity index (χ1) is 12.4. The van der Waals surface area contributed by atoms with Crippen molar-refractivity contribution in [2.24, 2.45) is 5.10 Å². The van der Waals surface area contributed by atoms with Crippen LogP contribution in [0.3, 0.4) is 0 Å². The highest BCUT2D eigenvalue weighted by atomic mass is 32.2. The summed E-state index contributed by atoms with van der Waals surface area (Å²) in [6, 6.07) is 15.1. The lowest BCUT2D eigenvalue weighted by molar-refractivity contribution is -0.141. The second kappa shape index (κ2) is 9.00. The van der Waals surface area contributed by atoms with Gasteiger partial charge >= 0.3 is 5.97 Å². The van der Waals surface area contributed by atoms with Gasteiger partial charge in [0, 0.05) is 5.71 Å². The van der Waals surface area contributed by atoms with Gasteiger partial charge in [0.25, 0.3) is 10.0 Å². The van der Waals surface area contributed by atoms with Crippen LogP contribution in [0.4, 0.5) is 0 Å². The first-order valence-electron chi connectivity index (χ1n) is 7.94. The van der Waals surface area contributed by atoms with E-state index in [4.69, 9.17) is 9.47 Å². The van der Waals surface area contributed by atoms with E-state index in [1.165, 1.54) is 19.1 Å². The average molecular weight is 376 g/mol. The van der Waals surface area contributed by atoms with E-state index in [-0.39, 0.29) is 17.9 Å². The Morgan fingerprint density at radius 2 is 1.65 bits per heavy atom. The Morgan fingerprint density at radius 1 is 1.04 bits per heavy atom. The molecule has 138 valence electrons. The molecule has 0 radical (unpaired) electrons. The smallest absolute Gasteiger partial charge is 0.311 e. The Morgan fingerprint density at radius 3 is 2.27 bits per heavy atom. The van der Waals surface area contributed by atoms with Gasteiger partial charge in [0.05, 0.1) is 17.9 Å². The maximum atomic E-state index is 12.2. The molecule has 0 atom stereocenters. The van der Waals surface area contributed by atoms with Gasteiger partial charge in [-0.1, -0.05) is 18.2 Å². The molecule has 7 nitrogen and oxygen atoms in total. The monoisotopic (exact) mass is 376 g/mol. The number of hydrogen-bond donors (Lipinski definition) is 1. The molecular formula is C18H20N2O5S. The minimum absolute atomic E-state index is 0.0330. The van der Waals surface area contributed by atoms with Crippen molar-refractivity contribution in [3.63, 3.8) is 0 Å². The topological polar surface area (TPSA) is 94.1 Å².